The van der Waals surface area contributed by atoms with E-state index < -0.39 is 17.2 Å². The van der Waals surface area contributed by atoms with Crippen LogP contribution in [0, 0.1) is 0 Å². The van der Waals surface area contributed by atoms with E-state index in [-0.39, 0.29) is 11.5 Å². The minimum atomic E-state index is -0.740. The highest BCUT2D eigenvalue weighted by atomic mass is 16.3. The third-order valence-electron chi connectivity index (χ3n) is 3.65. The van der Waals surface area contributed by atoms with Gasteiger partial charge in [0.05, 0.1) is 0 Å². The number of hydrogen-bond acceptors (Lipinski definition) is 5. The molecule has 0 spiro atoms. The number of amides is 1. The molecule has 1 aliphatic rings. The summed E-state index contributed by atoms with van der Waals surface area (Å²) in [5, 5.41) is 9.90. The second-order valence-corrected chi connectivity index (χ2v) is 5.18. The molecule has 0 atom stereocenters. The number of carbonyl (C=O) groups excluding carboxylic acids is 1. The van der Waals surface area contributed by atoms with Gasteiger partial charge in [0.2, 0.25) is 5.75 Å². The zero-order valence-electron chi connectivity index (χ0n) is 12.0. The number of nitrogens with one attached hydrogen (secondary N) is 1. The molecule has 3 rings (SSSR count). The predicted octanol–water partition coefficient (Wildman–Crippen LogP) is 1.16. The number of piperidine rings is 1. The molecule has 2 aromatic heterocycles. The molecule has 0 radical (unpaired) electrons. The molecule has 1 saturated heterocycles. The van der Waals surface area contributed by atoms with Gasteiger partial charge in [-0.2, -0.15) is 0 Å². The number of carbonyl (C=O) groups is 1. The molecule has 3 heterocycles. The van der Waals surface area contributed by atoms with E-state index in [0.29, 0.717) is 18.8 Å². The van der Waals surface area contributed by atoms with Gasteiger partial charge in [0.1, 0.15) is 5.69 Å². The molecule has 1 aliphatic heterocycles. The zero-order chi connectivity index (χ0) is 15.5. The molecular formula is C15H16N4O3. The van der Waals surface area contributed by atoms with Crippen molar-refractivity contribution < 1.29 is 9.90 Å². The van der Waals surface area contributed by atoms with Crippen LogP contribution in [-0.4, -0.2) is 44.0 Å². The Morgan fingerprint density at radius 3 is 2.68 bits per heavy atom. The maximum absolute atomic E-state index is 12.5. The number of likely N-dealkylation sites (tertiary alicyclic amines) is 1. The van der Waals surface area contributed by atoms with Crippen molar-refractivity contribution in [2.45, 2.75) is 19.3 Å². The van der Waals surface area contributed by atoms with Crippen LogP contribution in [0.2, 0.25) is 0 Å². The molecule has 1 fully saturated rings. The lowest BCUT2D eigenvalue weighted by Gasteiger charge is -2.26. The third-order valence-corrected chi connectivity index (χ3v) is 3.65. The van der Waals surface area contributed by atoms with Crippen molar-refractivity contribution in [2.24, 2.45) is 0 Å². The molecule has 0 bridgehead atoms. The highest BCUT2D eigenvalue weighted by molar-refractivity contribution is 5.95. The van der Waals surface area contributed by atoms with E-state index in [1.807, 2.05) is 0 Å². The van der Waals surface area contributed by atoms with Crippen LogP contribution < -0.4 is 5.56 Å². The van der Waals surface area contributed by atoms with Crippen molar-refractivity contribution in [2.75, 3.05) is 13.1 Å². The summed E-state index contributed by atoms with van der Waals surface area (Å²) in [7, 11) is 0. The zero-order valence-corrected chi connectivity index (χ0v) is 12.0. The van der Waals surface area contributed by atoms with Crippen LogP contribution >= 0.6 is 0 Å². The number of aromatic amines is 1. The first kappa shape index (κ1) is 14.2. The monoisotopic (exact) mass is 300 g/mol. The summed E-state index contributed by atoms with van der Waals surface area (Å²) in [5.41, 5.74) is -0.519. The van der Waals surface area contributed by atoms with Crippen LogP contribution in [0.25, 0.3) is 11.5 Å². The van der Waals surface area contributed by atoms with Crippen LogP contribution in [0.1, 0.15) is 29.8 Å². The Morgan fingerprint density at radius 1 is 1.23 bits per heavy atom. The molecule has 0 unspecified atom stereocenters. The number of hydrogen-bond donors (Lipinski definition) is 2. The first-order chi connectivity index (χ1) is 10.7. The summed E-state index contributed by atoms with van der Waals surface area (Å²) in [6, 6.07) is 5.16. The second-order valence-electron chi connectivity index (χ2n) is 5.18. The molecule has 114 valence electrons. The molecule has 0 aromatic carbocycles. The molecule has 7 heteroatoms. The Balaban J connectivity index is 2.02. The summed E-state index contributed by atoms with van der Waals surface area (Å²) in [6.07, 6.45) is 4.48. The lowest BCUT2D eigenvalue weighted by atomic mass is 10.1. The first-order valence-electron chi connectivity index (χ1n) is 7.21. The highest BCUT2D eigenvalue weighted by Crippen LogP contribution is 2.18. The van der Waals surface area contributed by atoms with Gasteiger partial charge in [-0.1, -0.05) is 6.07 Å². The molecule has 2 aromatic rings. The molecule has 0 saturated carbocycles. The topological polar surface area (TPSA) is 99.2 Å². The fourth-order valence-electron chi connectivity index (χ4n) is 2.49. The van der Waals surface area contributed by atoms with Gasteiger partial charge in [-0.05, 0) is 31.4 Å². The second kappa shape index (κ2) is 5.97. The van der Waals surface area contributed by atoms with Gasteiger partial charge in [-0.15, -0.1) is 0 Å². The van der Waals surface area contributed by atoms with Crippen molar-refractivity contribution >= 4 is 5.91 Å². The maximum Gasteiger partial charge on any atom is 0.294 e. The molecule has 22 heavy (non-hydrogen) atoms. The maximum atomic E-state index is 12.5. The summed E-state index contributed by atoms with van der Waals surface area (Å²) in [4.78, 5) is 36.6. The normalized spacial score (nSPS) is 14.8. The number of rotatable bonds is 2. The van der Waals surface area contributed by atoms with Gasteiger partial charge >= 0.3 is 0 Å². The number of pyridine rings is 1. The largest absolute Gasteiger partial charge is 0.501 e. The Kier molecular flexibility index (Phi) is 3.86. The van der Waals surface area contributed by atoms with E-state index in [1.54, 1.807) is 29.3 Å². The Hall–Kier alpha value is -2.70. The summed E-state index contributed by atoms with van der Waals surface area (Å²) in [5.74, 6) is -0.889. The molecule has 7 nitrogen and oxygen atoms in total. The SMILES string of the molecule is O=C(c1nc(-c2ccccn2)[nH]c(=O)c1O)N1CCCCC1. The number of H-pyrrole nitrogens is 1. The summed E-state index contributed by atoms with van der Waals surface area (Å²) < 4.78 is 0. The first-order valence-corrected chi connectivity index (χ1v) is 7.21. The molecule has 0 aliphatic carbocycles. The van der Waals surface area contributed by atoms with Crippen LogP contribution in [0.4, 0.5) is 0 Å². The fraction of sp³-hybridized carbons (Fsp3) is 0.333. The Labute approximate surface area is 126 Å². The van der Waals surface area contributed by atoms with Gasteiger partial charge in [0.25, 0.3) is 11.5 Å². The van der Waals surface area contributed by atoms with Crippen molar-refractivity contribution in [1.82, 2.24) is 19.9 Å². The van der Waals surface area contributed by atoms with Gasteiger partial charge in [-0.3, -0.25) is 14.6 Å². The molecular weight excluding hydrogens is 284 g/mol. The number of nitrogens with zero attached hydrogens (tertiary/aromatic N) is 3. The molecule has 2 N–H and O–H groups in total. The van der Waals surface area contributed by atoms with Crippen LogP contribution in [0.15, 0.2) is 29.2 Å². The predicted molar refractivity (Wildman–Crippen MR) is 79.5 cm³/mol. The van der Waals surface area contributed by atoms with E-state index in [2.05, 4.69) is 15.0 Å². The smallest absolute Gasteiger partial charge is 0.294 e. The summed E-state index contributed by atoms with van der Waals surface area (Å²) >= 11 is 0. The van der Waals surface area contributed by atoms with Crippen molar-refractivity contribution in [3.8, 4) is 17.3 Å². The Morgan fingerprint density at radius 2 is 2.00 bits per heavy atom. The van der Waals surface area contributed by atoms with E-state index in [1.165, 1.54) is 0 Å². The Bertz CT molecular complexity index is 736. The standard InChI is InChI=1S/C15H16N4O3/c20-12-11(15(22)19-8-4-1-5-9-19)17-13(18-14(12)21)10-6-2-3-7-16-10/h2-3,6-7,20H,1,4-5,8-9H2,(H,17,18,21). The van der Waals surface area contributed by atoms with E-state index >= 15 is 0 Å². The highest BCUT2D eigenvalue weighted by Gasteiger charge is 2.25. The lowest BCUT2D eigenvalue weighted by molar-refractivity contribution is 0.0714. The minimum absolute atomic E-state index is 0.170. The number of aromatic nitrogens is 3. The lowest BCUT2D eigenvalue weighted by Crippen LogP contribution is -2.36. The fourth-order valence-corrected chi connectivity index (χ4v) is 2.49. The average molecular weight is 300 g/mol. The number of aromatic hydroxyl groups is 1. The quantitative estimate of drug-likeness (QED) is 0.867. The van der Waals surface area contributed by atoms with Crippen LogP contribution in [-0.2, 0) is 0 Å². The van der Waals surface area contributed by atoms with Crippen molar-refractivity contribution in [1.29, 1.82) is 0 Å². The van der Waals surface area contributed by atoms with Gasteiger partial charge in [0.15, 0.2) is 11.5 Å². The summed E-state index contributed by atoms with van der Waals surface area (Å²) in [6.45, 7) is 1.23. The minimum Gasteiger partial charge on any atom is -0.501 e. The molecule has 1 amide bonds. The van der Waals surface area contributed by atoms with E-state index in [0.717, 1.165) is 19.3 Å². The van der Waals surface area contributed by atoms with Crippen LogP contribution in [0.5, 0.6) is 5.75 Å². The van der Waals surface area contributed by atoms with Gasteiger partial charge < -0.3 is 15.0 Å². The van der Waals surface area contributed by atoms with Crippen molar-refractivity contribution in [3.05, 3.63) is 40.4 Å². The van der Waals surface area contributed by atoms with E-state index in [9.17, 15) is 14.7 Å². The van der Waals surface area contributed by atoms with Gasteiger partial charge in [-0.25, -0.2) is 4.98 Å². The average Bonchev–Trinajstić information content (AvgIpc) is 2.58. The van der Waals surface area contributed by atoms with Gasteiger partial charge in [0, 0.05) is 19.3 Å². The third kappa shape index (κ3) is 2.69. The van der Waals surface area contributed by atoms with Crippen LogP contribution in [0.3, 0.4) is 0 Å². The van der Waals surface area contributed by atoms with Crippen molar-refractivity contribution in [3.63, 3.8) is 0 Å². The van der Waals surface area contributed by atoms with E-state index in [4.69, 9.17) is 0 Å².